The van der Waals surface area contributed by atoms with Gasteiger partial charge in [0.2, 0.25) is 0 Å². The monoisotopic (exact) mass is 423 g/mol. The first-order valence-electron chi connectivity index (χ1n) is 9.40. The predicted molar refractivity (Wildman–Crippen MR) is 121 cm³/mol. The lowest BCUT2D eigenvalue weighted by Crippen LogP contribution is -2.13. The van der Waals surface area contributed by atoms with Crippen molar-refractivity contribution in [1.29, 1.82) is 0 Å². The van der Waals surface area contributed by atoms with E-state index in [2.05, 4.69) is 22.4 Å². The van der Waals surface area contributed by atoms with Crippen molar-refractivity contribution in [1.82, 2.24) is 4.98 Å². The molecule has 3 N–H and O–H groups in total. The van der Waals surface area contributed by atoms with Crippen molar-refractivity contribution in [3.05, 3.63) is 57.5 Å². The van der Waals surface area contributed by atoms with E-state index < -0.39 is 0 Å². The maximum atomic E-state index is 6.10. The minimum atomic E-state index is 0.448. The quantitative estimate of drug-likeness (QED) is 0.440. The third-order valence-electron chi connectivity index (χ3n) is 4.17. The Morgan fingerprint density at radius 3 is 2.41 bits per heavy atom. The minimum absolute atomic E-state index is 0.448. The number of thiophene rings is 1. The second kappa shape index (κ2) is 11.5. The number of nitrogens with one attached hydrogen (secondary N) is 1. The molecule has 6 heteroatoms. The van der Waals surface area contributed by atoms with Crippen molar-refractivity contribution < 1.29 is 0 Å². The lowest BCUT2D eigenvalue weighted by molar-refractivity contribution is 0.704. The Morgan fingerprint density at radius 1 is 1.15 bits per heavy atom. The lowest BCUT2D eigenvalue weighted by atomic mass is 10.2. The van der Waals surface area contributed by atoms with Crippen LogP contribution in [0.25, 0.3) is 10.2 Å². The lowest BCUT2D eigenvalue weighted by Gasteiger charge is -2.08. The fourth-order valence-electron chi connectivity index (χ4n) is 2.83. The van der Waals surface area contributed by atoms with Gasteiger partial charge in [-0.2, -0.15) is 0 Å². The summed E-state index contributed by atoms with van der Waals surface area (Å²) in [6.07, 6.45) is 5.25. The van der Waals surface area contributed by atoms with Crippen LogP contribution in [0.15, 0.2) is 41.8 Å². The van der Waals surface area contributed by atoms with Crippen LogP contribution in [0.3, 0.4) is 0 Å². The molecule has 1 aliphatic rings. The number of nitrogens with two attached hydrogens (primary N) is 1. The Labute approximate surface area is 175 Å². The molecule has 146 valence electrons. The molecule has 0 aliphatic heterocycles. The molecule has 1 saturated carbocycles. The molecule has 0 unspecified atom stereocenters. The maximum absolute atomic E-state index is 6.10. The maximum Gasteiger partial charge on any atom is 0.131 e. The molecule has 0 saturated heterocycles. The standard InChI is InChI=1S/C14H10Cl2N2S.C5H11N.C2H6/c15-10-8-19-14-11(6-12(16)18-13(10)14)17-7-9-4-2-1-3-5-9;6-5-3-1-2-4-5;1-2/h1-6,8H,7H2,(H,17,18);5H,1-4,6H2;1-2H3. The van der Waals surface area contributed by atoms with Gasteiger partial charge < -0.3 is 11.1 Å². The Hall–Kier alpha value is -1.33. The summed E-state index contributed by atoms with van der Waals surface area (Å²) in [5.74, 6) is 0. The predicted octanol–water partition coefficient (Wildman–Crippen LogP) is 7.13. The van der Waals surface area contributed by atoms with Gasteiger partial charge in [-0.25, -0.2) is 4.98 Å². The van der Waals surface area contributed by atoms with E-state index in [9.17, 15) is 0 Å². The number of rotatable bonds is 3. The number of hydrogen-bond donors (Lipinski definition) is 2. The topological polar surface area (TPSA) is 50.9 Å². The van der Waals surface area contributed by atoms with Crippen molar-refractivity contribution in [3.63, 3.8) is 0 Å². The van der Waals surface area contributed by atoms with Gasteiger partial charge in [0.05, 0.1) is 15.4 Å². The molecule has 1 aromatic carbocycles. The second-order valence-electron chi connectivity index (χ2n) is 6.14. The van der Waals surface area contributed by atoms with Gasteiger partial charge in [0, 0.05) is 24.0 Å². The summed E-state index contributed by atoms with van der Waals surface area (Å²) < 4.78 is 1.03. The normalized spacial score (nSPS) is 13.5. The number of fused-ring (bicyclic) bond motifs is 1. The van der Waals surface area contributed by atoms with E-state index in [0.29, 0.717) is 16.2 Å². The van der Waals surface area contributed by atoms with Crippen LogP contribution in [-0.4, -0.2) is 11.0 Å². The van der Waals surface area contributed by atoms with Crippen LogP contribution in [-0.2, 0) is 6.54 Å². The van der Waals surface area contributed by atoms with E-state index in [-0.39, 0.29) is 0 Å². The van der Waals surface area contributed by atoms with E-state index in [0.717, 1.165) is 22.4 Å². The van der Waals surface area contributed by atoms with Crippen molar-refractivity contribution >= 4 is 50.4 Å². The van der Waals surface area contributed by atoms with Gasteiger partial charge in [-0.05, 0) is 18.4 Å². The molecular formula is C21H27Cl2N3S. The zero-order chi connectivity index (χ0) is 19.6. The highest BCUT2D eigenvalue weighted by Gasteiger charge is 2.10. The molecular weight excluding hydrogens is 397 g/mol. The number of anilines is 1. The molecule has 0 radical (unpaired) electrons. The summed E-state index contributed by atoms with van der Waals surface area (Å²) in [6, 6.07) is 12.6. The number of aromatic nitrogens is 1. The van der Waals surface area contributed by atoms with Crippen molar-refractivity contribution in [2.24, 2.45) is 5.73 Å². The van der Waals surface area contributed by atoms with Crippen LogP contribution in [0, 0.1) is 0 Å². The molecule has 2 heterocycles. The van der Waals surface area contributed by atoms with Crippen molar-refractivity contribution in [2.75, 3.05) is 5.32 Å². The summed E-state index contributed by atoms with van der Waals surface area (Å²) >= 11 is 13.7. The zero-order valence-electron chi connectivity index (χ0n) is 15.8. The Morgan fingerprint density at radius 2 is 1.81 bits per heavy atom. The number of pyridine rings is 1. The molecule has 27 heavy (non-hydrogen) atoms. The van der Waals surface area contributed by atoms with E-state index in [1.54, 1.807) is 11.3 Å². The van der Waals surface area contributed by atoms with Crippen LogP contribution in [0.4, 0.5) is 5.69 Å². The number of nitrogens with zero attached hydrogens (tertiary/aromatic N) is 1. The Kier molecular flexibility index (Phi) is 9.35. The van der Waals surface area contributed by atoms with Crippen LogP contribution in [0.1, 0.15) is 45.1 Å². The van der Waals surface area contributed by atoms with Crippen LogP contribution in [0.5, 0.6) is 0 Å². The SMILES string of the molecule is CC.Clc1cc(NCc2ccccc2)c2scc(Cl)c2n1.NC1CCCC1. The fraction of sp³-hybridized carbons (Fsp3) is 0.381. The average Bonchev–Trinajstić information content (AvgIpc) is 3.32. The molecule has 1 aliphatic carbocycles. The van der Waals surface area contributed by atoms with Crippen LogP contribution < -0.4 is 11.1 Å². The van der Waals surface area contributed by atoms with E-state index in [1.807, 2.05) is 43.5 Å². The van der Waals surface area contributed by atoms with Gasteiger partial charge in [0.15, 0.2) is 0 Å². The average molecular weight is 424 g/mol. The van der Waals surface area contributed by atoms with Crippen LogP contribution >= 0.6 is 34.5 Å². The molecule has 4 rings (SSSR count). The summed E-state index contributed by atoms with van der Waals surface area (Å²) in [4.78, 5) is 4.25. The largest absolute Gasteiger partial charge is 0.380 e. The Bertz CT molecular complexity index is 815. The van der Waals surface area contributed by atoms with E-state index in [1.165, 1.54) is 31.2 Å². The third kappa shape index (κ3) is 6.65. The number of hydrogen-bond acceptors (Lipinski definition) is 4. The summed E-state index contributed by atoms with van der Waals surface area (Å²) in [6.45, 7) is 4.74. The molecule has 2 aromatic heterocycles. The summed E-state index contributed by atoms with van der Waals surface area (Å²) in [5.41, 5.74) is 8.48. The molecule has 3 nitrogen and oxygen atoms in total. The van der Waals surface area contributed by atoms with Crippen molar-refractivity contribution in [2.45, 2.75) is 52.1 Å². The molecule has 0 bridgehead atoms. The van der Waals surface area contributed by atoms with Gasteiger partial charge in [0.25, 0.3) is 0 Å². The summed E-state index contributed by atoms with van der Waals surface area (Å²) in [5, 5.41) is 6.35. The first-order valence-corrected chi connectivity index (χ1v) is 11.0. The molecule has 3 aromatic rings. The van der Waals surface area contributed by atoms with Crippen LogP contribution in [0.2, 0.25) is 10.2 Å². The first kappa shape index (κ1) is 22.0. The molecule has 0 spiro atoms. The van der Waals surface area contributed by atoms with Gasteiger partial charge in [-0.15, -0.1) is 11.3 Å². The second-order valence-corrected chi connectivity index (χ2v) is 7.81. The van der Waals surface area contributed by atoms with Gasteiger partial charge >= 0.3 is 0 Å². The summed E-state index contributed by atoms with van der Waals surface area (Å²) in [7, 11) is 0. The van der Waals surface area contributed by atoms with Crippen molar-refractivity contribution in [3.8, 4) is 0 Å². The highest BCUT2D eigenvalue weighted by Crippen LogP contribution is 2.35. The minimum Gasteiger partial charge on any atom is -0.380 e. The fourth-order valence-corrected chi connectivity index (χ4v) is 4.21. The highest BCUT2D eigenvalue weighted by molar-refractivity contribution is 7.18. The highest BCUT2D eigenvalue weighted by atomic mass is 35.5. The molecule has 0 atom stereocenters. The smallest absolute Gasteiger partial charge is 0.131 e. The number of halogens is 2. The number of benzene rings is 1. The van der Waals surface area contributed by atoms with E-state index >= 15 is 0 Å². The van der Waals surface area contributed by atoms with Gasteiger partial charge in [0.1, 0.15) is 10.7 Å². The zero-order valence-corrected chi connectivity index (χ0v) is 18.2. The third-order valence-corrected chi connectivity index (χ3v) is 5.79. The molecule has 1 fully saturated rings. The Balaban J connectivity index is 0.000000275. The van der Waals surface area contributed by atoms with Gasteiger partial charge in [-0.1, -0.05) is 80.2 Å². The van der Waals surface area contributed by atoms with Gasteiger partial charge in [-0.3, -0.25) is 0 Å². The molecule has 0 amide bonds. The van der Waals surface area contributed by atoms with E-state index in [4.69, 9.17) is 28.9 Å². The first-order chi connectivity index (χ1) is 13.1.